The lowest BCUT2D eigenvalue weighted by molar-refractivity contribution is -0.137. The second-order valence-electron chi connectivity index (χ2n) is 5.44. The van der Waals surface area contributed by atoms with E-state index < -0.39 is 17.5 Å². The predicted octanol–water partition coefficient (Wildman–Crippen LogP) is 2.26. The van der Waals surface area contributed by atoms with E-state index in [2.05, 4.69) is 36.6 Å². The maximum atomic E-state index is 11.9. The van der Waals surface area contributed by atoms with Gasteiger partial charge >= 0.3 is 12.0 Å². The molecule has 22 heavy (non-hydrogen) atoms. The fourth-order valence-electron chi connectivity index (χ4n) is 1.83. The maximum Gasteiger partial charge on any atom is 0.322 e. The molecule has 0 aliphatic rings. The molecule has 0 aromatic carbocycles. The number of nitrogens with one attached hydrogen (secondary N) is 2. The van der Waals surface area contributed by atoms with Crippen LogP contribution in [0.5, 0.6) is 0 Å². The molecule has 0 saturated carbocycles. The highest BCUT2D eigenvalue weighted by Crippen LogP contribution is 2.14. The van der Waals surface area contributed by atoms with Crippen LogP contribution >= 0.6 is 15.9 Å². The first-order valence-electron chi connectivity index (χ1n) is 6.58. The van der Waals surface area contributed by atoms with E-state index in [9.17, 15) is 9.59 Å². The van der Waals surface area contributed by atoms with Crippen molar-refractivity contribution in [2.24, 2.45) is 0 Å². The number of amides is 2. The van der Waals surface area contributed by atoms with E-state index in [0.717, 1.165) is 4.47 Å². The van der Waals surface area contributed by atoms with Gasteiger partial charge in [-0.2, -0.15) is 4.98 Å². The van der Waals surface area contributed by atoms with Gasteiger partial charge in [0.15, 0.2) is 5.65 Å². The molecule has 0 bridgehead atoms. The third-order valence-corrected chi connectivity index (χ3v) is 3.43. The zero-order valence-corrected chi connectivity index (χ0v) is 13.7. The van der Waals surface area contributed by atoms with Gasteiger partial charge in [-0.1, -0.05) is 15.9 Å². The molecular weight excluding hydrogens is 354 g/mol. The fourth-order valence-corrected chi connectivity index (χ4v) is 2.15. The summed E-state index contributed by atoms with van der Waals surface area (Å²) in [5.41, 5.74) is -0.0557. The lowest BCUT2D eigenvalue weighted by atomic mass is 9.99. The minimum atomic E-state index is -0.900. The third-order valence-electron chi connectivity index (χ3n) is 2.94. The largest absolute Gasteiger partial charge is 0.481 e. The summed E-state index contributed by atoms with van der Waals surface area (Å²) in [6, 6.07) is 3.10. The van der Waals surface area contributed by atoms with Crippen molar-refractivity contribution in [3.8, 4) is 0 Å². The van der Waals surface area contributed by atoms with Crippen LogP contribution in [0.3, 0.4) is 0 Å². The number of carbonyl (C=O) groups excluding carboxylic acids is 1. The normalized spacial score (nSPS) is 11.4. The number of hydrogen-bond donors (Lipinski definition) is 3. The van der Waals surface area contributed by atoms with Gasteiger partial charge in [-0.3, -0.25) is 10.1 Å². The Balaban J connectivity index is 1.99. The molecule has 2 rings (SSSR count). The second-order valence-corrected chi connectivity index (χ2v) is 6.36. The van der Waals surface area contributed by atoms with Gasteiger partial charge < -0.3 is 10.4 Å². The third kappa shape index (κ3) is 4.42. The molecule has 0 radical (unpaired) electrons. The monoisotopic (exact) mass is 369 g/mol. The smallest absolute Gasteiger partial charge is 0.322 e. The van der Waals surface area contributed by atoms with Crippen LogP contribution in [0.1, 0.15) is 26.7 Å². The molecule has 118 valence electrons. The van der Waals surface area contributed by atoms with Gasteiger partial charge in [-0.15, -0.1) is 5.10 Å². The Labute approximate surface area is 135 Å². The number of carboxylic acid groups (broad SMARTS) is 1. The van der Waals surface area contributed by atoms with Crippen LogP contribution in [0.15, 0.2) is 22.8 Å². The Morgan fingerprint density at radius 3 is 2.86 bits per heavy atom. The summed E-state index contributed by atoms with van der Waals surface area (Å²) in [7, 11) is 0. The number of halogens is 1. The van der Waals surface area contributed by atoms with Gasteiger partial charge in [0.2, 0.25) is 0 Å². The Morgan fingerprint density at radius 1 is 1.45 bits per heavy atom. The summed E-state index contributed by atoms with van der Waals surface area (Å²) in [6.45, 7) is 3.51. The van der Waals surface area contributed by atoms with Crippen LogP contribution in [0.2, 0.25) is 0 Å². The average Bonchev–Trinajstić information content (AvgIpc) is 2.76. The van der Waals surface area contributed by atoms with Gasteiger partial charge in [0, 0.05) is 22.6 Å². The molecule has 0 spiro atoms. The summed E-state index contributed by atoms with van der Waals surface area (Å²) in [5.74, 6) is -0.729. The highest BCUT2D eigenvalue weighted by atomic mass is 79.9. The summed E-state index contributed by atoms with van der Waals surface area (Å²) in [4.78, 5) is 26.7. The van der Waals surface area contributed by atoms with Crippen molar-refractivity contribution in [1.29, 1.82) is 0 Å². The number of anilines is 1. The number of urea groups is 1. The zero-order chi connectivity index (χ0) is 16.3. The van der Waals surface area contributed by atoms with E-state index in [-0.39, 0.29) is 12.4 Å². The van der Waals surface area contributed by atoms with Gasteiger partial charge in [0.05, 0.1) is 0 Å². The van der Waals surface area contributed by atoms with Crippen molar-refractivity contribution in [3.05, 3.63) is 22.8 Å². The molecule has 2 heterocycles. The molecule has 8 nitrogen and oxygen atoms in total. The van der Waals surface area contributed by atoms with Gasteiger partial charge in [-0.25, -0.2) is 9.31 Å². The zero-order valence-electron chi connectivity index (χ0n) is 12.1. The second kappa shape index (κ2) is 6.30. The van der Waals surface area contributed by atoms with Crippen LogP contribution in [-0.2, 0) is 4.79 Å². The predicted molar refractivity (Wildman–Crippen MR) is 83.8 cm³/mol. The van der Waals surface area contributed by atoms with Gasteiger partial charge in [0.1, 0.15) is 0 Å². The van der Waals surface area contributed by atoms with Crippen LogP contribution in [-0.4, -0.2) is 37.2 Å². The quantitative estimate of drug-likeness (QED) is 0.748. The summed E-state index contributed by atoms with van der Waals surface area (Å²) in [5, 5.41) is 18.1. The summed E-state index contributed by atoms with van der Waals surface area (Å²) >= 11 is 3.33. The molecule has 2 amide bonds. The molecule has 0 atom stereocenters. The highest BCUT2D eigenvalue weighted by Gasteiger charge is 2.22. The Morgan fingerprint density at radius 2 is 2.18 bits per heavy atom. The molecule has 9 heteroatoms. The fraction of sp³-hybridized carbons (Fsp3) is 0.385. The van der Waals surface area contributed by atoms with Crippen LogP contribution in [0, 0.1) is 0 Å². The average molecular weight is 370 g/mol. The number of hydrogen-bond acceptors (Lipinski definition) is 4. The van der Waals surface area contributed by atoms with Crippen LogP contribution in [0.25, 0.3) is 5.65 Å². The minimum absolute atomic E-state index is 0.0199. The van der Waals surface area contributed by atoms with E-state index in [4.69, 9.17) is 5.11 Å². The molecule has 3 N–H and O–H groups in total. The Hall–Kier alpha value is -2.16. The molecule has 0 aliphatic heterocycles. The highest BCUT2D eigenvalue weighted by molar-refractivity contribution is 9.10. The number of carbonyl (C=O) groups is 2. The summed E-state index contributed by atoms with van der Waals surface area (Å²) in [6.07, 6.45) is 2.02. The van der Waals surface area contributed by atoms with Crippen molar-refractivity contribution >= 4 is 39.5 Å². The van der Waals surface area contributed by atoms with Crippen LogP contribution in [0.4, 0.5) is 10.7 Å². The molecule has 2 aromatic heterocycles. The van der Waals surface area contributed by atoms with Crippen LogP contribution < -0.4 is 10.6 Å². The Kier molecular flexibility index (Phi) is 4.65. The SMILES string of the molecule is CC(C)(CCC(=O)O)NC(=O)Nc1nc2cc(Br)ccn2n1. The van der Waals surface area contributed by atoms with E-state index in [1.165, 1.54) is 4.52 Å². The standard InChI is InChI=1S/C13H16BrN5O3/c1-13(2,5-3-10(20)21)17-12(22)16-11-15-9-7-8(14)4-6-19(9)18-11/h4,6-7H,3,5H2,1-2H3,(H,20,21)(H2,16,17,18,22). The number of pyridine rings is 1. The number of carboxylic acids is 1. The number of aliphatic carboxylic acids is 1. The Bertz CT molecular complexity index is 713. The van der Waals surface area contributed by atoms with Gasteiger partial charge in [-0.05, 0) is 32.4 Å². The summed E-state index contributed by atoms with van der Waals surface area (Å²) < 4.78 is 2.40. The lowest BCUT2D eigenvalue weighted by Crippen LogP contribution is -2.45. The van der Waals surface area contributed by atoms with E-state index >= 15 is 0 Å². The number of rotatable bonds is 5. The first-order valence-corrected chi connectivity index (χ1v) is 7.37. The first-order chi connectivity index (χ1) is 10.2. The van der Waals surface area contributed by atoms with Gasteiger partial charge in [0.25, 0.3) is 5.95 Å². The first kappa shape index (κ1) is 16.2. The molecule has 2 aromatic rings. The van der Waals surface area contributed by atoms with Crippen molar-refractivity contribution in [3.63, 3.8) is 0 Å². The number of aromatic nitrogens is 3. The molecule has 0 aliphatic carbocycles. The van der Waals surface area contributed by atoms with Crippen molar-refractivity contribution in [2.45, 2.75) is 32.2 Å². The van der Waals surface area contributed by atoms with Crippen molar-refractivity contribution in [1.82, 2.24) is 19.9 Å². The van der Waals surface area contributed by atoms with E-state index in [0.29, 0.717) is 12.1 Å². The topological polar surface area (TPSA) is 109 Å². The van der Waals surface area contributed by atoms with Crippen molar-refractivity contribution in [2.75, 3.05) is 5.32 Å². The number of nitrogens with zero attached hydrogens (tertiary/aromatic N) is 3. The van der Waals surface area contributed by atoms with E-state index in [1.807, 2.05) is 0 Å². The molecule has 0 unspecified atom stereocenters. The number of fused-ring (bicyclic) bond motifs is 1. The molecule has 0 saturated heterocycles. The van der Waals surface area contributed by atoms with Crippen molar-refractivity contribution < 1.29 is 14.7 Å². The minimum Gasteiger partial charge on any atom is -0.481 e. The maximum absolute atomic E-state index is 11.9. The lowest BCUT2D eigenvalue weighted by Gasteiger charge is -2.25. The molecular formula is C13H16BrN5O3. The van der Waals surface area contributed by atoms with E-state index in [1.54, 1.807) is 32.2 Å². The molecule has 0 fully saturated rings.